The van der Waals surface area contributed by atoms with E-state index in [0.717, 1.165) is 0 Å². The normalized spacial score (nSPS) is 12.4. The van der Waals surface area contributed by atoms with Crippen molar-refractivity contribution in [2.75, 3.05) is 12.3 Å². The highest BCUT2D eigenvalue weighted by atomic mass is 31.1. The summed E-state index contributed by atoms with van der Waals surface area (Å²) in [6, 6.07) is 0. The molecule has 0 aliphatic rings. The molecular weight excluding hydrogens is 415 g/mol. The molecule has 0 aromatic rings. The lowest BCUT2D eigenvalue weighted by Crippen LogP contribution is -2.21. The first-order valence-electron chi connectivity index (χ1n) is 15.9. The van der Waals surface area contributed by atoms with Crippen LogP contribution in [-0.2, 0) is 0 Å². The fourth-order valence-corrected chi connectivity index (χ4v) is 6.80. The summed E-state index contributed by atoms with van der Waals surface area (Å²) in [5, 5.41) is 0. The minimum absolute atomic E-state index is 0.692. The van der Waals surface area contributed by atoms with Gasteiger partial charge in [-0.25, -0.2) is 0 Å². The molecule has 0 saturated carbocycles. The van der Waals surface area contributed by atoms with Crippen molar-refractivity contribution in [1.82, 2.24) is 0 Å². The van der Waals surface area contributed by atoms with Gasteiger partial charge in [0, 0.05) is 0 Å². The van der Waals surface area contributed by atoms with Crippen molar-refractivity contribution in [1.29, 1.82) is 0 Å². The van der Waals surface area contributed by atoms with Crippen molar-refractivity contribution >= 4 is 8.58 Å². The fraction of sp³-hybridized carbons (Fsp3) is 1.00. The molecule has 0 heterocycles. The van der Waals surface area contributed by atoms with Gasteiger partial charge in [0.05, 0.1) is 0 Å². The highest BCUT2D eigenvalue weighted by Gasteiger charge is 2.27. The van der Waals surface area contributed by atoms with Crippen molar-refractivity contribution in [3.63, 3.8) is 0 Å². The highest BCUT2D eigenvalue weighted by molar-refractivity contribution is 7.37. The molecule has 0 amide bonds. The van der Waals surface area contributed by atoms with Crippen LogP contribution in [0, 0.1) is 5.41 Å². The van der Waals surface area contributed by atoms with Gasteiger partial charge in [-0.1, -0.05) is 150 Å². The van der Waals surface area contributed by atoms with E-state index in [9.17, 15) is 0 Å². The number of unbranched alkanes of at least 4 members (excludes halogenated alkanes) is 16. The van der Waals surface area contributed by atoms with Gasteiger partial charge in [-0.05, 0) is 56.3 Å². The van der Waals surface area contributed by atoms with Crippen molar-refractivity contribution in [3.8, 4) is 0 Å². The van der Waals surface area contributed by atoms with Crippen molar-refractivity contribution in [2.24, 2.45) is 5.41 Å². The third kappa shape index (κ3) is 22.6. The number of rotatable bonds is 28. The summed E-state index contributed by atoms with van der Waals surface area (Å²) in [4.78, 5) is 0. The lowest BCUT2D eigenvalue weighted by Gasteiger charge is -2.35. The first-order valence-corrected chi connectivity index (χ1v) is 17.4. The zero-order valence-electron chi connectivity index (χ0n) is 24.1. The topological polar surface area (TPSA) is 0 Å². The summed E-state index contributed by atoms with van der Waals surface area (Å²) in [5.74, 6) is 0. The zero-order valence-corrected chi connectivity index (χ0v) is 25.1. The summed E-state index contributed by atoms with van der Waals surface area (Å²) in [6.45, 7) is 9.44. The second-order valence-corrected chi connectivity index (χ2v) is 12.8. The quantitative estimate of drug-likeness (QED) is 0.0768. The second kappa shape index (κ2) is 27.0. The summed E-state index contributed by atoms with van der Waals surface area (Å²) in [6.07, 6.45) is 39.8. The van der Waals surface area contributed by atoms with E-state index in [-0.39, 0.29) is 0 Å². The van der Waals surface area contributed by atoms with Gasteiger partial charge < -0.3 is 0 Å². The highest BCUT2D eigenvalue weighted by Crippen LogP contribution is 2.41. The minimum Gasteiger partial charge on any atom is -0.122 e. The summed E-state index contributed by atoms with van der Waals surface area (Å²) >= 11 is 0. The standard InChI is InChI=1S/C32H67P/c1-5-9-13-24-30-33-31-25-22-20-18-16-14-15-17-19-21-23-29-32(26-10-6-2,27-11-7-3)28-12-8-4/h33H,5-31H2,1-4H3. The molecule has 0 nitrogen and oxygen atoms in total. The molecule has 33 heavy (non-hydrogen) atoms. The van der Waals surface area contributed by atoms with Crippen LogP contribution < -0.4 is 0 Å². The van der Waals surface area contributed by atoms with E-state index < -0.39 is 0 Å². The maximum Gasteiger partial charge on any atom is -0.0297 e. The zero-order chi connectivity index (χ0) is 24.3. The summed E-state index contributed by atoms with van der Waals surface area (Å²) in [5.41, 5.74) is 0.692. The lowest BCUT2D eigenvalue weighted by molar-refractivity contribution is 0.175. The van der Waals surface area contributed by atoms with Crippen molar-refractivity contribution in [2.45, 2.75) is 188 Å². The van der Waals surface area contributed by atoms with Crippen LogP contribution in [0.2, 0.25) is 0 Å². The first-order chi connectivity index (χ1) is 16.2. The van der Waals surface area contributed by atoms with Gasteiger partial charge in [0.1, 0.15) is 0 Å². The largest absolute Gasteiger partial charge is 0.122 e. The molecule has 0 N–H and O–H groups in total. The van der Waals surface area contributed by atoms with Crippen molar-refractivity contribution < 1.29 is 0 Å². The fourth-order valence-electron chi connectivity index (χ4n) is 5.55. The van der Waals surface area contributed by atoms with E-state index in [4.69, 9.17) is 0 Å². The van der Waals surface area contributed by atoms with Crippen LogP contribution in [0.4, 0.5) is 0 Å². The molecule has 0 radical (unpaired) electrons. The van der Waals surface area contributed by atoms with E-state index in [1.165, 1.54) is 181 Å². The van der Waals surface area contributed by atoms with Crippen LogP contribution in [0.3, 0.4) is 0 Å². The molecular formula is C32H67P. The smallest absolute Gasteiger partial charge is 0.0297 e. The Morgan fingerprint density at radius 3 is 1.03 bits per heavy atom. The van der Waals surface area contributed by atoms with Gasteiger partial charge >= 0.3 is 0 Å². The molecule has 0 aliphatic carbocycles. The molecule has 0 fully saturated rings. The molecule has 1 atom stereocenters. The van der Waals surface area contributed by atoms with Gasteiger partial charge in [0.2, 0.25) is 0 Å². The average Bonchev–Trinajstić information content (AvgIpc) is 2.83. The van der Waals surface area contributed by atoms with Crippen LogP contribution in [0.25, 0.3) is 0 Å². The maximum absolute atomic E-state index is 2.38. The second-order valence-electron chi connectivity index (χ2n) is 11.3. The van der Waals surface area contributed by atoms with E-state index in [1.54, 1.807) is 0 Å². The van der Waals surface area contributed by atoms with E-state index >= 15 is 0 Å². The Morgan fingerprint density at radius 1 is 0.333 bits per heavy atom. The molecule has 0 aliphatic heterocycles. The molecule has 200 valence electrons. The predicted octanol–water partition coefficient (Wildman–Crippen LogP) is 12.5. The Balaban J connectivity index is 3.63. The van der Waals surface area contributed by atoms with Gasteiger partial charge in [-0.15, -0.1) is 8.58 Å². The van der Waals surface area contributed by atoms with E-state index in [0.29, 0.717) is 5.41 Å². The summed E-state index contributed by atoms with van der Waals surface area (Å²) < 4.78 is 0. The molecule has 0 aromatic heterocycles. The third-order valence-corrected chi connectivity index (χ3v) is 9.36. The molecule has 1 heteroatoms. The number of hydrogen-bond donors (Lipinski definition) is 0. The monoisotopic (exact) mass is 482 g/mol. The molecule has 0 bridgehead atoms. The SMILES string of the molecule is CCCCCCPCCCCCCCCCCCCCC(CCCC)(CCCC)CCCC. The van der Waals surface area contributed by atoms with Crippen LogP contribution >= 0.6 is 8.58 Å². The number of hydrogen-bond acceptors (Lipinski definition) is 0. The molecule has 0 saturated heterocycles. The molecule has 1 unspecified atom stereocenters. The Hall–Kier alpha value is 0.430. The first kappa shape index (κ1) is 33.4. The molecule has 0 spiro atoms. The van der Waals surface area contributed by atoms with Crippen LogP contribution in [0.5, 0.6) is 0 Å². The Morgan fingerprint density at radius 2 is 0.636 bits per heavy atom. The van der Waals surface area contributed by atoms with Gasteiger partial charge in [-0.3, -0.25) is 0 Å². The minimum atomic E-state index is 0.692. The molecule has 0 aromatic carbocycles. The van der Waals surface area contributed by atoms with Gasteiger partial charge in [-0.2, -0.15) is 0 Å². The van der Waals surface area contributed by atoms with Crippen LogP contribution in [-0.4, -0.2) is 12.3 Å². The average molecular weight is 483 g/mol. The third-order valence-electron chi connectivity index (χ3n) is 7.95. The van der Waals surface area contributed by atoms with E-state index in [2.05, 4.69) is 27.7 Å². The van der Waals surface area contributed by atoms with Gasteiger partial charge in [0.25, 0.3) is 0 Å². The predicted molar refractivity (Wildman–Crippen MR) is 159 cm³/mol. The molecule has 0 rings (SSSR count). The van der Waals surface area contributed by atoms with Crippen molar-refractivity contribution in [3.05, 3.63) is 0 Å². The summed E-state index contributed by atoms with van der Waals surface area (Å²) in [7, 11) is 1.25. The van der Waals surface area contributed by atoms with Gasteiger partial charge in [0.15, 0.2) is 0 Å². The maximum atomic E-state index is 2.38. The van der Waals surface area contributed by atoms with E-state index in [1.807, 2.05) is 0 Å². The Bertz CT molecular complexity index is 329. The Labute approximate surface area is 214 Å². The van der Waals surface area contributed by atoms with Crippen LogP contribution in [0.1, 0.15) is 188 Å². The lowest BCUT2D eigenvalue weighted by atomic mass is 9.71. The van der Waals surface area contributed by atoms with Crippen LogP contribution in [0.15, 0.2) is 0 Å². The Kier molecular flexibility index (Phi) is 27.4.